The summed E-state index contributed by atoms with van der Waals surface area (Å²) in [6.45, 7) is 6.26. The second-order valence-corrected chi connectivity index (χ2v) is 7.82. The summed E-state index contributed by atoms with van der Waals surface area (Å²) in [7, 11) is 3.07. The maximum absolute atomic E-state index is 13.0. The number of ether oxygens (including phenoxy) is 2. The largest absolute Gasteiger partial charge is 0.507 e. The number of aliphatic hydroxyl groups is 1. The summed E-state index contributed by atoms with van der Waals surface area (Å²) < 4.78 is 10.8. The molecule has 2 aromatic rings. The minimum absolute atomic E-state index is 0.0629. The van der Waals surface area contributed by atoms with Crippen LogP contribution >= 0.6 is 0 Å². The van der Waals surface area contributed by atoms with Gasteiger partial charge in [0.05, 0.1) is 25.8 Å². The van der Waals surface area contributed by atoms with Gasteiger partial charge in [-0.2, -0.15) is 0 Å². The molecule has 1 aliphatic rings. The summed E-state index contributed by atoms with van der Waals surface area (Å²) in [5.74, 6) is -0.312. The van der Waals surface area contributed by atoms with Crippen LogP contribution in [0.5, 0.6) is 11.5 Å². The predicted octanol–water partition coefficient (Wildman–Crippen LogP) is 4.09. The summed E-state index contributed by atoms with van der Waals surface area (Å²) in [6.07, 6.45) is 0. The highest BCUT2D eigenvalue weighted by molar-refractivity contribution is 6.46. The number of carbonyl (C=O) groups excluding carboxylic acids is 2. The molecule has 1 saturated heterocycles. The van der Waals surface area contributed by atoms with Gasteiger partial charge in [-0.15, -0.1) is 0 Å². The number of amides is 1. The van der Waals surface area contributed by atoms with E-state index < -0.39 is 17.7 Å². The molecule has 0 aromatic heterocycles. The Balaban J connectivity index is 2.24. The quantitative estimate of drug-likeness (QED) is 0.442. The van der Waals surface area contributed by atoms with Crippen LogP contribution in [0.25, 0.3) is 5.76 Å². The maximum atomic E-state index is 13.0. The molecule has 0 radical (unpaired) electrons. The molecule has 6 nitrogen and oxygen atoms in total. The van der Waals surface area contributed by atoms with Gasteiger partial charge in [-0.05, 0) is 25.0 Å². The van der Waals surface area contributed by atoms with Crippen LogP contribution in [0.2, 0.25) is 0 Å². The lowest BCUT2D eigenvalue weighted by Gasteiger charge is -2.28. The fourth-order valence-corrected chi connectivity index (χ4v) is 3.70. The fraction of sp³-hybridized carbons (Fsp3) is 0.333. The average Bonchev–Trinajstić information content (AvgIpc) is 2.97. The van der Waals surface area contributed by atoms with Crippen molar-refractivity contribution in [3.8, 4) is 11.5 Å². The number of benzene rings is 2. The van der Waals surface area contributed by atoms with E-state index in [4.69, 9.17) is 9.47 Å². The first-order valence-electron chi connectivity index (χ1n) is 9.85. The van der Waals surface area contributed by atoms with Gasteiger partial charge in [-0.3, -0.25) is 9.59 Å². The highest BCUT2D eigenvalue weighted by atomic mass is 16.5. The van der Waals surface area contributed by atoms with Crippen LogP contribution in [-0.4, -0.2) is 42.5 Å². The van der Waals surface area contributed by atoms with E-state index >= 15 is 0 Å². The van der Waals surface area contributed by atoms with Gasteiger partial charge in [-0.25, -0.2) is 0 Å². The van der Waals surface area contributed by atoms with Gasteiger partial charge in [0.25, 0.3) is 11.7 Å². The Morgan fingerprint density at radius 1 is 1.07 bits per heavy atom. The molecule has 3 rings (SSSR count). The molecule has 158 valence electrons. The van der Waals surface area contributed by atoms with E-state index in [0.717, 1.165) is 5.56 Å². The van der Waals surface area contributed by atoms with E-state index in [0.29, 0.717) is 29.2 Å². The zero-order valence-corrected chi connectivity index (χ0v) is 17.9. The molecule has 1 fully saturated rings. The first-order chi connectivity index (χ1) is 14.3. The number of methoxy groups -OCH3 is 2. The highest BCUT2D eigenvalue weighted by Crippen LogP contribution is 2.43. The Labute approximate surface area is 176 Å². The lowest BCUT2D eigenvalue weighted by molar-refractivity contribution is -0.140. The van der Waals surface area contributed by atoms with Crippen molar-refractivity contribution in [3.05, 3.63) is 64.7 Å². The molecular formula is C24H27NO5. The normalized spacial score (nSPS) is 18.2. The molecule has 1 unspecified atom stereocenters. The average molecular weight is 409 g/mol. The molecule has 1 atom stereocenters. The van der Waals surface area contributed by atoms with Gasteiger partial charge in [-0.1, -0.05) is 43.7 Å². The number of aliphatic hydroxyl groups excluding tert-OH is 1. The van der Waals surface area contributed by atoms with Crippen LogP contribution in [0.3, 0.4) is 0 Å². The van der Waals surface area contributed by atoms with Crippen molar-refractivity contribution in [1.29, 1.82) is 0 Å². The number of likely N-dealkylation sites (tertiary alicyclic amines) is 1. The first-order valence-corrected chi connectivity index (χ1v) is 9.85. The second kappa shape index (κ2) is 8.61. The van der Waals surface area contributed by atoms with Crippen LogP contribution in [0.4, 0.5) is 0 Å². The standard InChI is InChI=1S/C24H27NO5/c1-14(2)13-25-21(18-11-10-17(29-4)12-19(18)30-5)20(23(27)24(25)28)22(26)16-8-6-15(3)7-9-16/h6-12,14,21,26H,13H2,1-5H3/b22-20-. The van der Waals surface area contributed by atoms with Gasteiger partial charge < -0.3 is 19.5 Å². The molecule has 1 aliphatic heterocycles. The number of hydrogen-bond donors (Lipinski definition) is 1. The van der Waals surface area contributed by atoms with Crippen molar-refractivity contribution in [1.82, 2.24) is 4.90 Å². The minimum Gasteiger partial charge on any atom is -0.507 e. The number of ketones is 1. The predicted molar refractivity (Wildman–Crippen MR) is 115 cm³/mol. The van der Waals surface area contributed by atoms with E-state index in [9.17, 15) is 14.7 Å². The second-order valence-electron chi connectivity index (χ2n) is 7.82. The third-order valence-electron chi connectivity index (χ3n) is 5.16. The minimum atomic E-state index is -0.755. The Bertz CT molecular complexity index is 991. The Morgan fingerprint density at radius 2 is 1.73 bits per heavy atom. The number of rotatable bonds is 6. The zero-order valence-electron chi connectivity index (χ0n) is 17.9. The number of carbonyl (C=O) groups is 2. The summed E-state index contributed by atoms with van der Waals surface area (Å²) >= 11 is 0. The van der Waals surface area contributed by atoms with Crippen molar-refractivity contribution in [2.24, 2.45) is 5.92 Å². The number of aryl methyl sites for hydroxylation is 1. The highest BCUT2D eigenvalue weighted by Gasteiger charge is 2.47. The van der Waals surface area contributed by atoms with E-state index in [1.54, 1.807) is 37.4 Å². The van der Waals surface area contributed by atoms with Gasteiger partial charge in [0.15, 0.2) is 0 Å². The zero-order chi connectivity index (χ0) is 22.0. The number of hydrogen-bond acceptors (Lipinski definition) is 5. The van der Waals surface area contributed by atoms with Crippen molar-refractivity contribution < 1.29 is 24.2 Å². The third kappa shape index (κ3) is 3.90. The van der Waals surface area contributed by atoms with E-state index in [-0.39, 0.29) is 17.3 Å². The monoisotopic (exact) mass is 409 g/mol. The first kappa shape index (κ1) is 21.4. The van der Waals surface area contributed by atoms with Crippen LogP contribution in [-0.2, 0) is 9.59 Å². The third-order valence-corrected chi connectivity index (χ3v) is 5.16. The Kier molecular flexibility index (Phi) is 6.15. The topological polar surface area (TPSA) is 76.1 Å². The smallest absolute Gasteiger partial charge is 0.295 e. The number of Topliss-reactive ketones (excluding diaryl/α,β-unsaturated/α-hetero) is 1. The molecule has 0 spiro atoms. The van der Waals surface area contributed by atoms with E-state index in [1.165, 1.54) is 12.0 Å². The van der Waals surface area contributed by atoms with Crippen LogP contribution < -0.4 is 9.47 Å². The van der Waals surface area contributed by atoms with E-state index in [1.807, 2.05) is 32.9 Å². The fourth-order valence-electron chi connectivity index (χ4n) is 3.70. The van der Waals surface area contributed by atoms with Crippen LogP contribution in [0.15, 0.2) is 48.0 Å². The van der Waals surface area contributed by atoms with Crippen molar-refractivity contribution in [2.45, 2.75) is 26.8 Å². The van der Waals surface area contributed by atoms with Crippen LogP contribution in [0, 0.1) is 12.8 Å². The van der Waals surface area contributed by atoms with Crippen LogP contribution in [0.1, 0.15) is 36.6 Å². The molecular weight excluding hydrogens is 382 g/mol. The molecule has 2 aromatic carbocycles. The van der Waals surface area contributed by atoms with E-state index in [2.05, 4.69) is 0 Å². The molecule has 0 aliphatic carbocycles. The lowest BCUT2D eigenvalue weighted by Crippen LogP contribution is -2.33. The maximum Gasteiger partial charge on any atom is 0.295 e. The van der Waals surface area contributed by atoms with Crippen molar-refractivity contribution in [3.63, 3.8) is 0 Å². The SMILES string of the molecule is COc1ccc(C2/C(=C(/O)c3ccc(C)cc3)C(=O)C(=O)N2CC(C)C)c(OC)c1. The van der Waals surface area contributed by atoms with Crippen molar-refractivity contribution in [2.75, 3.05) is 20.8 Å². The molecule has 0 saturated carbocycles. The molecule has 6 heteroatoms. The molecule has 1 amide bonds. The lowest BCUT2D eigenvalue weighted by atomic mass is 9.94. The van der Waals surface area contributed by atoms with Gasteiger partial charge in [0.2, 0.25) is 0 Å². The summed E-state index contributed by atoms with van der Waals surface area (Å²) in [4.78, 5) is 27.4. The number of nitrogens with zero attached hydrogens (tertiary/aromatic N) is 1. The molecule has 0 bridgehead atoms. The van der Waals surface area contributed by atoms with Crippen molar-refractivity contribution >= 4 is 17.4 Å². The summed E-state index contributed by atoms with van der Waals surface area (Å²) in [5, 5.41) is 11.1. The van der Waals surface area contributed by atoms with Gasteiger partial charge >= 0.3 is 0 Å². The Hall–Kier alpha value is -3.28. The molecule has 30 heavy (non-hydrogen) atoms. The summed E-state index contributed by atoms with van der Waals surface area (Å²) in [5.41, 5.74) is 2.19. The molecule has 1 heterocycles. The van der Waals surface area contributed by atoms with Gasteiger partial charge in [0, 0.05) is 23.7 Å². The summed E-state index contributed by atoms with van der Waals surface area (Å²) in [6, 6.07) is 11.6. The molecule has 1 N–H and O–H groups in total. The van der Waals surface area contributed by atoms with Gasteiger partial charge in [0.1, 0.15) is 17.3 Å². The Morgan fingerprint density at radius 3 is 2.30 bits per heavy atom.